The number of carbonyl (C=O) groups excluding carboxylic acids is 1. The van der Waals surface area contributed by atoms with E-state index < -0.39 is 0 Å². The van der Waals surface area contributed by atoms with Crippen molar-refractivity contribution in [2.75, 3.05) is 6.54 Å². The van der Waals surface area contributed by atoms with E-state index in [9.17, 15) is 4.79 Å². The van der Waals surface area contributed by atoms with E-state index in [1.165, 1.54) is 11.1 Å². The van der Waals surface area contributed by atoms with Crippen molar-refractivity contribution in [1.29, 1.82) is 0 Å². The third kappa shape index (κ3) is 4.73. The van der Waals surface area contributed by atoms with Gasteiger partial charge in [0.15, 0.2) is 0 Å². The van der Waals surface area contributed by atoms with Crippen LogP contribution in [0.5, 0.6) is 0 Å². The molecule has 1 N–H and O–H groups in total. The van der Waals surface area contributed by atoms with Gasteiger partial charge in [-0.15, -0.1) is 0 Å². The number of aromatic nitrogens is 2. The highest BCUT2D eigenvalue weighted by Gasteiger charge is 2.05. The molecular weight excluding hydrogens is 310 g/mol. The van der Waals surface area contributed by atoms with Crippen LogP contribution in [0.15, 0.2) is 67.1 Å². The largest absolute Gasteiger partial charge is 0.352 e. The number of hydrogen-bond acceptors (Lipinski definition) is 3. The van der Waals surface area contributed by atoms with Crippen molar-refractivity contribution >= 4 is 5.91 Å². The Morgan fingerprint density at radius 1 is 1.04 bits per heavy atom. The summed E-state index contributed by atoms with van der Waals surface area (Å²) in [6.07, 6.45) is 7.04. The van der Waals surface area contributed by atoms with Crippen molar-refractivity contribution in [2.45, 2.75) is 19.8 Å². The highest BCUT2D eigenvalue weighted by molar-refractivity contribution is 5.93. The van der Waals surface area contributed by atoms with Crippen LogP contribution in [0.25, 0.3) is 11.1 Å². The summed E-state index contributed by atoms with van der Waals surface area (Å²) in [5, 5.41) is 2.95. The van der Waals surface area contributed by atoms with Crippen LogP contribution in [0.4, 0.5) is 0 Å². The number of rotatable bonds is 6. The first-order valence-electron chi connectivity index (χ1n) is 8.42. The van der Waals surface area contributed by atoms with E-state index in [0.717, 1.165) is 24.1 Å². The minimum absolute atomic E-state index is 0.0713. The molecule has 0 atom stereocenters. The quantitative estimate of drug-likeness (QED) is 0.699. The van der Waals surface area contributed by atoms with Crippen LogP contribution in [0.1, 0.15) is 28.0 Å². The SMILES string of the molecule is Cc1ccc(C(=O)NCCCc2cccc(-c3ccncc3)c2)cn1. The van der Waals surface area contributed by atoms with E-state index >= 15 is 0 Å². The van der Waals surface area contributed by atoms with Crippen LogP contribution < -0.4 is 5.32 Å². The Morgan fingerprint density at radius 3 is 2.64 bits per heavy atom. The predicted octanol–water partition coefficient (Wildman–Crippen LogP) is 3.81. The molecule has 2 aromatic heterocycles. The van der Waals surface area contributed by atoms with Crippen molar-refractivity contribution in [3.8, 4) is 11.1 Å². The van der Waals surface area contributed by atoms with Gasteiger partial charge in [0.05, 0.1) is 5.56 Å². The van der Waals surface area contributed by atoms with E-state index in [0.29, 0.717) is 12.1 Å². The second-order valence-electron chi connectivity index (χ2n) is 5.98. The van der Waals surface area contributed by atoms with Gasteiger partial charge in [-0.1, -0.05) is 24.3 Å². The van der Waals surface area contributed by atoms with Crippen molar-refractivity contribution < 1.29 is 4.79 Å². The van der Waals surface area contributed by atoms with Gasteiger partial charge >= 0.3 is 0 Å². The van der Waals surface area contributed by atoms with Gasteiger partial charge in [-0.05, 0) is 60.7 Å². The molecule has 0 saturated heterocycles. The molecule has 4 heteroatoms. The van der Waals surface area contributed by atoms with Crippen LogP contribution >= 0.6 is 0 Å². The maximum Gasteiger partial charge on any atom is 0.252 e. The molecule has 0 unspecified atom stereocenters. The third-order valence-corrected chi connectivity index (χ3v) is 4.04. The summed E-state index contributed by atoms with van der Waals surface area (Å²) in [5.41, 5.74) is 5.13. The number of pyridine rings is 2. The molecule has 126 valence electrons. The van der Waals surface area contributed by atoms with Gasteiger partial charge in [0, 0.05) is 30.8 Å². The molecule has 0 fully saturated rings. The standard InChI is InChI=1S/C21H21N3O/c1-16-7-8-20(15-24-16)21(25)23-11-3-5-17-4-2-6-19(14-17)18-9-12-22-13-10-18/h2,4,6-10,12-15H,3,5,11H2,1H3,(H,23,25). The van der Waals surface area contributed by atoms with E-state index in [1.807, 2.05) is 25.1 Å². The molecule has 0 aliphatic heterocycles. The van der Waals surface area contributed by atoms with Crippen molar-refractivity contribution in [3.05, 3.63) is 83.9 Å². The maximum absolute atomic E-state index is 12.0. The Balaban J connectivity index is 1.51. The van der Waals surface area contributed by atoms with Crippen LogP contribution in [0, 0.1) is 6.92 Å². The zero-order valence-corrected chi connectivity index (χ0v) is 14.3. The summed E-state index contributed by atoms with van der Waals surface area (Å²) in [5.74, 6) is -0.0713. The van der Waals surface area contributed by atoms with Crippen LogP contribution in [0.3, 0.4) is 0 Å². The summed E-state index contributed by atoms with van der Waals surface area (Å²) >= 11 is 0. The number of nitrogens with zero attached hydrogens (tertiary/aromatic N) is 2. The molecule has 0 saturated carbocycles. The highest BCUT2D eigenvalue weighted by Crippen LogP contribution is 2.20. The van der Waals surface area contributed by atoms with Gasteiger partial charge in [-0.2, -0.15) is 0 Å². The lowest BCUT2D eigenvalue weighted by Gasteiger charge is -2.07. The molecule has 3 rings (SSSR count). The van der Waals surface area contributed by atoms with E-state index in [2.05, 4.69) is 39.6 Å². The molecule has 1 aromatic carbocycles. The van der Waals surface area contributed by atoms with Crippen LogP contribution in [0.2, 0.25) is 0 Å². The lowest BCUT2D eigenvalue weighted by molar-refractivity contribution is 0.0953. The first-order chi connectivity index (χ1) is 12.2. The van der Waals surface area contributed by atoms with Crippen molar-refractivity contribution in [1.82, 2.24) is 15.3 Å². The minimum atomic E-state index is -0.0713. The number of amides is 1. The second kappa shape index (κ2) is 8.20. The fourth-order valence-electron chi connectivity index (χ4n) is 2.65. The van der Waals surface area contributed by atoms with Gasteiger partial charge in [-0.25, -0.2) is 0 Å². The Bertz CT molecular complexity index is 829. The topological polar surface area (TPSA) is 54.9 Å². The lowest BCUT2D eigenvalue weighted by Crippen LogP contribution is -2.24. The van der Waals surface area contributed by atoms with Gasteiger partial charge < -0.3 is 5.32 Å². The number of hydrogen-bond donors (Lipinski definition) is 1. The maximum atomic E-state index is 12.0. The molecular formula is C21H21N3O. The normalized spacial score (nSPS) is 10.4. The molecule has 0 spiro atoms. The van der Waals surface area contributed by atoms with Crippen molar-refractivity contribution in [3.63, 3.8) is 0 Å². The molecule has 0 aliphatic carbocycles. The van der Waals surface area contributed by atoms with Gasteiger partial charge in [0.25, 0.3) is 5.91 Å². The Hall–Kier alpha value is -3.01. The average molecular weight is 331 g/mol. The molecule has 2 heterocycles. The van der Waals surface area contributed by atoms with E-state index in [-0.39, 0.29) is 5.91 Å². The van der Waals surface area contributed by atoms with Crippen LogP contribution in [-0.4, -0.2) is 22.4 Å². The zero-order valence-electron chi connectivity index (χ0n) is 14.3. The van der Waals surface area contributed by atoms with Crippen LogP contribution in [-0.2, 0) is 6.42 Å². The average Bonchev–Trinajstić information content (AvgIpc) is 2.66. The van der Waals surface area contributed by atoms with Gasteiger partial charge in [-0.3, -0.25) is 14.8 Å². The van der Waals surface area contributed by atoms with E-state index in [4.69, 9.17) is 0 Å². The van der Waals surface area contributed by atoms with Crippen molar-refractivity contribution in [2.24, 2.45) is 0 Å². The molecule has 0 aliphatic rings. The van der Waals surface area contributed by atoms with Gasteiger partial charge in [0.2, 0.25) is 0 Å². The summed E-state index contributed by atoms with van der Waals surface area (Å²) in [6, 6.07) is 16.2. The Labute approximate surface area is 148 Å². The fraction of sp³-hybridized carbons (Fsp3) is 0.190. The molecule has 0 bridgehead atoms. The summed E-state index contributed by atoms with van der Waals surface area (Å²) in [6.45, 7) is 2.55. The third-order valence-electron chi connectivity index (χ3n) is 4.04. The zero-order chi connectivity index (χ0) is 17.5. The highest BCUT2D eigenvalue weighted by atomic mass is 16.1. The smallest absolute Gasteiger partial charge is 0.252 e. The minimum Gasteiger partial charge on any atom is -0.352 e. The second-order valence-corrected chi connectivity index (χ2v) is 5.98. The fourth-order valence-corrected chi connectivity index (χ4v) is 2.65. The molecule has 1 amide bonds. The van der Waals surface area contributed by atoms with E-state index in [1.54, 1.807) is 24.7 Å². The molecule has 25 heavy (non-hydrogen) atoms. The predicted molar refractivity (Wildman–Crippen MR) is 99.3 cm³/mol. The lowest BCUT2D eigenvalue weighted by atomic mass is 10.0. The summed E-state index contributed by atoms with van der Waals surface area (Å²) in [4.78, 5) is 20.3. The summed E-state index contributed by atoms with van der Waals surface area (Å²) < 4.78 is 0. The Kier molecular flexibility index (Phi) is 5.52. The number of carbonyl (C=O) groups is 1. The molecule has 4 nitrogen and oxygen atoms in total. The molecule has 0 radical (unpaired) electrons. The first kappa shape index (κ1) is 16.8. The molecule has 3 aromatic rings. The number of benzene rings is 1. The van der Waals surface area contributed by atoms with Gasteiger partial charge in [0.1, 0.15) is 0 Å². The number of aryl methyl sites for hydroxylation is 2. The first-order valence-corrected chi connectivity index (χ1v) is 8.42. The number of nitrogens with one attached hydrogen (secondary N) is 1. The Morgan fingerprint density at radius 2 is 1.88 bits per heavy atom. The summed E-state index contributed by atoms with van der Waals surface area (Å²) in [7, 11) is 0. The monoisotopic (exact) mass is 331 g/mol.